The number of anilines is 1. The normalized spacial score (nSPS) is 20.3. The molecule has 2 unspecified atom stereocenters. The summed E-state index contributed by atoms with van der Waals surface area (Å²) < 4.78 is 9.69. The summed E-state index contributed by atoms with van der Waals surface area (Å²) >= 11 is 0. The molecule has 3 aromatic heterocycles. The molecule has 4 N–H and O–H groups in total. The first-order chi connectivity index (χ1) is 33.4. The number of rotatable bonds is 14. The van der Waals surface area contributed by atoms with Crippen molar-refractivity contribution in [3.05, 3.63) is 108 Å². The molecule has 16 heteroatoms. The van der Waals surface area contributed by atoms with Crippen molar-refractivity contribution < 1.29 is 28.7 Å². The largest absolute Gasteiger partial charge is 0.453 e. The second kappa shape index (κ2) is 20.3. The number of ether oxygens (including phenoxy) is 2. The van der Waals surface area contributed by atoms with E-state index in [9.17, 15) is 19.2 Å². The Labute approximate surface area is 402 Å². The summed E-state index contributed by atoms with van der Waals surface area (Å²) in [5.74, 6) is 1.43. The van der Waals surface area contributed by atoms with Crippen LogP contribution in [0.3, 0.4) is 0 Å². The molecule has 3 aromatic carbocycles. The number of nitrogens with one attached hydrogen (secondary N) is 4. The number of aromatic amines is 2. The van der Waals surface area contributed by atoms with Crippen LogP contribution >= 0.6 is 0 Å². The van der Waals surface area contributed by atoms with Gasteiger partial charge in [-0.15, -0.1) is 0 Å². The lowest BCUT2D eigenvalue weighted by molar-refractivity contribution is -0.135. The average Bonchev–Trinajstić information content (AvgIpc) is 4.22. The van der Waals surface area contributed by atoms with Gasteiger partial charge in [-0.25, -0.2) is 19.6 Å². The van der Waals surface area contributed by atoms with Crippen LogP contribution in [0.1, 0.15) is 114 Å². The number of pyridine rings is 1. The Bertz CT molecular complexity index is 2790. The fraction of sp³-hybridized carbons (Fsp3) is 0.453. The second-order valence-electron chi connectivity index (χ2n) is 19.5. The molecule has 362 valence electrons. The van der Waals surface area contributed by atoms with E-state index < -0.39 is 24.3 Å². The van der Waals surface area contributed by atoms with Gasteiger partial charge in [-0.05, 0) is 116 Å². The standard InChI is InChI=1S/C53H64N10O6/c1-31(2)27-43(59-52(66)68-5)50(64)61-25-9-11-37(61)30-47-55-39-20-16-34(28-41(39)56-47)44-22-23-45(63(44)36-18-14-33(15-19-36)38-12-7-8-24-54-38)35-17-21-40-42(29-35)58-49(57-40)46-13-10-26-62(46)51(65)48(32(3)4)60-53(67)69-6/h7-8,12,14-21,24,28-29,31-32,37,43-46,48H,9-11,13,22-23,25-27,30H2,1-6H3,(H,55,56)(H,57,58)(H,59,66)(H,60,67)/t37?,43?,44-,45-,46+,48+/m1/s1. The summed E-state index contributed by atoms with van der Waals surface area (Å²) in [5.41, 5.74) is 8.92. The first-order valence-corrected chi connectivity index (χ1v) is 24.5. The van der Waals surface area contributed by atoms with Crippen molar-refractivity contribution in [2.45, 2.75) is 115 Å². The van der Waals surface area contributed by atoms with Gasteiger partial charge in [0.15, 0.2) is 0 Å². The van der Waals surface area contributed by atoms with E-state index in [1.807, 2.05) is 61.9 Å². The van der Waals surface area contributed by atoms with Crippen molar-refractivity contribution in [2.24, 2.45) is 11.8 Å². The minimum Gasteiger partial charge on any atom is -0.453 e. The molecule has 0 aliphatic carbocycles. The quantitative estimate of drug-likeness (QED) is 0.0820. The zero-order chi connectivity index (χ0) is 48.3. The van der Waals surface area contributed by atoms with Crippen molar-refractivity contribution >= 4 is 51.8 Å². The number of benzene rings is 3. The monoisotopic (exact) mass is 937 g/mol. The van der Waals surface area contributed by atoms with Crippen molar-refractivity contribution in [3.8, 4) is 11.3 Å². The Morgan fingerprint density at radius 3 is 2.01 bits per heavy atom. The zero-order valence-corrected chi connectivity index (χ0v) is 40.4. The van der Waals surface area contributed by atoms with Crippen LogP contribution in [-0.2, 0) is 25.5 Å². The fourth-order valence-corrected chi connectivity index (χ4v) is 10.8. The summed E-state index contributed by atoms with van der Waals surface area (Å²) in [6.45, 7) is 9.13. The molecule has 0 spiro atoms. The number of fused-ring (bicyclic) bond motifs is 2. The number of H-pyrrole nitrogens is 2. The topological polar surface area (TPSA) is 191 Å². The molecule has 3 saturated heterocycles. The number of nitrogens with zero attached hydrogens (tertiary/aromatic N) is 6. The zero-order valence-electron chi connectivity index (χ0n) is 40.4. The van der Waals surface area contributed by atoms with Crippen molar-refractivity contribution in [1.29, 1.82) is 0 Å². The Morgan fingerprint density at radius 1 is 0.710 bits per heavy atom. The molecule has 3 fully saturated rings. The molecule has 0 bridgehead atoms. The third kappa shape index (κ3) is 9.97. The first kappa shape index (κ1) is 47.1. The highest BCUT2D eigenvalue weighted by Gasteiger charge is 2.40. The molecular weight excluding hydrogens is 873 g/mol. The van der Waals surface area contributed by atoms with Crippen molar-refractivity contribution in [2.75, 3.05) is 32.2 Å². The lowest BCUT2D eigenvalue weighted by Crippen LogP contribution is -2.51. The van der Waals surface area contributed by atoms with Gasteiger partial charge in [0.1, 0.15) is 23.7 Å². The van der Waals surface area contributed by atoms with E-state index in [0.717, 1.165) is 100 Å². The molecule has 0 radical (unpaired) electrons. The van der Waals surface area contributed by atoms with Crippen LogP contribution < -0.4 is 15.5 Å². The number of alkyl carbamates (subject to hydrolysis) is 2. The predicted molar refractivity (Wildman–Crippen MR) is 264 cm³/mol. The summed E-state index contributed by atoms with van der Waals surface area (Å²) in [6.07, 6.45) is 6.86. The number of imidazole rings is 2. The summed E-state index contributed by atoms with van der Waals surface area (Å²) in [4.78, 5) is 80.4. The van der Waals surface area contributed by atoms with E-state index in [4.69, 9.17) is 19.4 Å². The highest BCUT2D eigenvalue weighted by molar-refractivity contribution is 5.87. The molecule has 6 heterocycles. The minimum absolute atomic E-state index is 0.0329. The SMILES string of the molecule is COC(=O)NC(CC(C)C)C(=O)N1CCCC1Cc1nc2cc([C@H]3CC[C@H](c4ccc5[nH]c([C@@H]6CCCN6C(=O)[C@@H](NC(=O)OC)C(C)C)nc5c4)N3c3ccc(-c4ccccn4)cc3)ccc2[nH]1. The van der Waals surface area contributed by atoms with Gasteiger partial charge in [-0.1, -0.05) is 58.0 Å². The fourth-order valence-electron chi connectivity index (χ4n) is 10.8. The predicted octanol–water partition coefficient (Wildman–Crippen LogP) is 8.93. The van der Waals surface area contributed by atoms with Gasteiger partial charge in [0, 0.05) is 43.0 Å². The van der Waals surface area contributed by atoms with Crippen LogP contribution in [-0.4, -0.2) is 104 Å². The number of carbonyl (C=O) groups excluding carboxylic acids is 4. The molecule has 16 nitrogen and oxygen atoms in total. The lowest BCUT2D eigenvalue weighted by Gasteiger charge is -2.33. The van der Waals surface area contributed by atoms with E-state index in [0.29, 0.717) is 25.9 Å². The number of methoxy groups -OCH3 is 2. The number of carbonyl (C=O) groups is 4. The van der Waals surface area contributed by atoms with Crippen LogP contribution in [0, 0.1) is 11.8 Å². The Hall–Kier alpha value is -6.97. The van der Waals surface area contributed by atoms with Crippen LogP contribution in [0.5, 0.6) is 0 Å². The highest BCUT2D eigenvalue weighted by Crippen LogP contribution is 2.48. The average molecular weight is 937 g/mol. The maximum Gasteiger partial charge on any atom is 0.407 e. The van der Waals surface area contributed by atoms with Gasteiger partial charge < -0.3 is 44.8 Å². The Morgan fingerprint density at radius 2 is 1.36 bits per heavy atom. The van der Waals surface area contributed by atoms with Crippen molar-refractivity contribution in [3.63, 3.8) is 0 Å². The molecule has 69 heavy (non-hydrogen) atoms. The van der Waals surface area contributed by atoms with Crippen LogP contribution in [0.25, 0.3) is 33.3 Å². The van der Waals surface area contributed by atoms with Gasteiger partial charge >= 0.3 is 12.2 Å². The molecule has 0 saturated carbocycles. The third-order valence-corrected chi connectivity index (χ3v) is 14.2. The minimum atomic E-state index is -0.712. The molecule has 6 atom stereocenters. The molecule has 3 aliphatic heterocycles. The van der Waals surface area contributed by atoms with E-state index in [1.165, 1.54) is 14.2 Å². The third-order valence-electron chi connectivity index (χ3n) is 14.2. The first-order valence-electron chi connectivity index (χ1n) is 24.5. The van der Waals surface area contributed by atoms with Crippen LogP contribution in [0.15, 0.2) is 85.1 Å². The summed E-state index contributed by atoms with van der Waals surface area (Å²) in [7, 11) is 2.62. The molecular formula is C53H64N10O6. The number of aromatic nitrogens is 5. The second-order valence-corrected chi connectivity index (χ2v) is 19.5. The van der Waals surface area contributed by atoms with Gasteiger partial charge in [0.05, 0.1) is 60.1 Å². The van der Waals surface area contributed by atoms with Crippen LogP contribution in [0.4, 0.5) is 15.3 Å². The number of likely N-dealkylation sites (tertiary alicyclic amines) is 2. The maximum absolute atomic E-state index is 13.9. The van der Waals surface area contributed by atoms with Gasteiger partial charge in [0.25, 0.3) is 0 Å². The van der Waals surface area contributed by atoms with Gasteiger partial charge in [0.2, 0.25) is 11.8 Å². The number of hydrogen-bond acceptors (Lipinski definition) is 10. The summed E-state index contributed by atoms with van der Waals surface area (Å²) in [6, 6.07) is 26.1. The molecule has 9 rings (SSSR count). The van der Waals surface area contributed by atoms with E-state index in [-0.39, 0.29) is 47.8 Å². The highest BCUT2D eigenvalue weighted by atomic mass is 16.5. The van der Waals surface area contributed by atoms with Gasteiger partial charge in [-0.3, -0.25) is 14.6 Å². The smallest absolute Gasteiger partial charge is 0.407 e. The van der Waals surface area contributed by atoms with E-state index >= 15 is 0 Å². The number of hydrogen-bond donors (Lipinski definition) is 4. The van der Waals surface area contributed by atoms with Gasteiger partial charge in [-0.2, -0.15) is 0 Å². The molecule has 6 aromatic rings. The molecule has 4 amide bonds. The van der Waals surface area contributed by atoms with Crippen molar-refractivity contribution in [1.82, 2.24) is 45.4 Å². The van der Waals surface area contributed by atoms with E-state index in [1.54, 1.807) is 0 Å². The Kier molecular flexibility index (Phi) is 13.9. The molecule has 3 aliphatic rings. The maximum atomic E-state index is 13.9. The van der Waals surface area contributed by atoms with E-state index in [2.05, 4.69) is 91.1 Å². The lowest BCUT2D eigenvalue weighted by atomic mass is 10.0. The Balaban J connectivity index is 0.987. The van der Waals surface area contributed by atoms with Crippen LogP contribution in [0.2, 0.25) is 0 Å². The summed E-state index contributed by atoms with van der Waals surface area (Å²) in [5, 5.41) is 5.52. The number of amides is 4.